The van der Waals surface area contributed by atoms with Gasteiger partial charge >= 0.3 is 5.97 Å². The van der Waals surface area contributed by atoms with Gasteiger partial charge in [0, 0.05) is 6.42 Å². The second-order valence-electron chi connectivity index (χ2n) is 5.72. The molecule has 0 atom stereocenters. The fourth-order valence-corrected chi connectivity index (χ4v) is 2.28. The Bertz CT molecular complexity index is 783. The van der Waals surface area contributed by atoms with Crippen LogP contribution in [0.4, 0.5) is 5.69 Å². The third kappa shape index (κ3) is 5.73. The summed E-state index contributed by atoms with van der Waals surface area (Å²) in [7, 11) is 1.60. The zero-order valence-electron chi connectivity index (χ0n) is 14.8. The van der Waals surface area contributed by atoms with Crippen molar-refractivity contribution in [1.82, 2.24) is 0 Å². The molecular formula is C20H21NO5. The lowest BCUT2D eigenvalue weighted by atomic mass is 10.1. The maximum absolute atomic E-state index is 12.2. The highest BCUT2D eigenvalue weighted by Gasteiger charge is 2.15. The molecule has 2 aromatic carbocycles. The van der Waals surface area contributed by atoms with Gasteiger partial charge in [0.05, 0.1) is 18.4 Å². The Balaban J connectivity index is 1.95. The molecule has 0 fully saturated rings. The Morgan fingerprint density at radius 3 is 2.35 bits per heavy atom. The van der Waals surface area contributed by atoms with Gasteiger partial charge in [-0.1, -0.05) is 24.3 Å². The average Bonchev–Trinajstić information content (AvgIpc) is 2.65. The third-order valence-corrected chi connectivity index (χ3v) is 3.63. The summed E-state index contributed by atoms with van der Waals surface area (Å²) in [4.78, 5) is 35.2. The Morgan fingerprint density at radius 2 is 1.69 bits per heavy atom. The van der Waals surface area contributed by atoms with Crippen LogP contribution in [0.15, 0.2) is 48.5 Å². The number of ketones is 1. The molecular weight excluding hydrogens is 334 g/mol. The minimum absolute atomic E-state index is 0.214. The summed E-state index contributed by atoms with van der Waals surface area (Å²) in [5.74, 6) is -0.352. The topological polar surface area (TPSA) is 81.7 Å². The van der Waals surface area contributed by atoms with E-state index >= 15 is 0 Å². The van der Waals surface area contributed by atoms with Crippen molar-refractivity contribution in [2.75, 3.05) is 19.0 Å². The Kier molecular flexibility index (Phi) is 6.91. The molecule has 0 bridgehead atoms. The minimum atomic E-state index is -0.647. The van der Waals surface area contributed by atoms with Crippen LogP contribution in [0.5, 0.6) is 5.75 Å². The van der Waals surface area contributed by atoms with Crippen LogP contribution in [0, 0.1) is 0 Å². The third-order valence-electron chi connectivity index (χ3n) is 3.63. The minimum Gasteiger partial charge on any atom is -0.497 e. The standard InChI is InChI=1S/C20H21NO5/c1-14(22)13-26-20(24)17-5-3-4-6-18(17)21-19(23)12-9-15-7-10-16(25-2)11-8-15/h3-8,10-11H,9,12-13H2,1-2H3,(H,21,23). The number of Topliss-reactive ketones (excluding diaryl/α,β-unsaturated/α-hetero) is 1. The SMILES string of the molecule is COc1ccc(CCC(=O)Nc2ccccc2C(=O)OCC(C)=O)cc1. The summed E-state index contributed by atoms with van der Waals surface area (Å²) in [6.45, 7) is 1.04. The molecule has 0 spiro atoms. The number of amides is 1. The molecule has 0 heterocycles. The van der Waals surface area contributed by atoms with Gasteiger partial charge < -0.3 is 14.8 Å². The number of hydrogen-bond donors (Lipinski definition) is 1. The fourth-order valence-electron chi connectivity index (χ4n) is 2.28. The predicted octanol–water partition coefficient (Wildman–Crippen LogP) is 3.01. The number of aryl methyl sites for hydroxylation is 1. The summed E-state index contributed by atoms with van der Waals surface area (Å²) < 4.78 is 10.0. The highest BCUT2D eigenvalue weighted by Crippen LogP contribution is 2.17. The number of hydrogen-bond acceptors (Lipinski definition) is 5. The Labute approximate surface area is 152 Å². The van der Waals surface area contributed by atoms with E-state index in [0.717, 1.165) is 11.3 Å². The molecule has 0 aliphatic carbocycles. The first-order valence-electron chi connectivity index (χ1n) is 8.18. The smallest absolute Gasteiger partial charge is 0.340 e. The van der Waals surface area contributed by atoms with E-state index in [-0.39, 0.29) is 30.3 Å². The zero-order valence-corrected chi connectivity index (χ0v) is 14.8. The van der Waals surface area contributed by atoms with Gasteiger partial charge in [0.15, 0.2) is 5.78 Å². The van der Waals surface area contributed by atoms with Gasteiger partial charge in [-0.05, 0) is 43.2 Å². The average molecular weight is 355 g/mol. The second kappa shape index (κ2) is 9.36. The van der Waals surface area contributed by atoms with Crippen molar-refractivity contribution in [3.8, 4) is 5.75 Å². The molecule has 0 aliphatic rings. The molecule has 0 aromatic heterocycles. The van der Waals surface area contributed by atoms with Crippen molar-refractivity contribution in [3.05, 3.63) is 59.7 Å². The van der Waals surface area contributed by atoms with Crippen LogP contribution >= 0.6 is 0 Å². The maximum atomic E-state index is 12.2. The van der Waals surface area contributed by atoms with Crippen LogP contribution < -0.4 is 10.1 Å². The molecule has 0 saturated carbocycles. The van der Waals surface area contributed by atoms with Crippen molar-refractivity contribution < 1.29 is 23.9 Å². The van der Waals surface area contributed by atoms with Gasteiger partial charge in [-0.15, -0.1) is 0 Å². The van der Waals surface area contributed by atoms with Crippen molar-refractivity contribution in [1.29, 1.82) is 0 Å². The second-order valence-corrected chi connectivity index (χ2v) is 5.72. The number of rotatable bonds is 8. The van der Waals surface area contributed by atoms with Gasteiger partial charge in [-0.2, -0.15) is 0 Å². The van der Waals surface area contributed by atoms with Gasteiger partial charge in [0.25, 0.3) is 0 Å². The molecule has 1 N–H and O–H groups in total. The Hall–Kier alpha value is -3.15. The van der Waals surface area contributed by atoms with Gasteiger partial charge in [-0.25, -0.2) is 4.79 Å². The van der Waals surface area contributed by atoms with E-state index < -0.39 is 5.97 Å². The molecule has 136 valence electrons. The van der Waals surface area contributed by atoms with Crippen LogP contribution in [0.1, 0.15) is 29.3 Å². The first kappa shape index (κ1) is 19.2. The molecule has 2 rings (SSSR count). The number of esters is 1. The molecule has 0 saturated heterocycles. The van der Waals surface area contributed by atoms with E-state index in [9.17, 15) is 14.4 Å². The number of methoxy groups -OCH3 is 1. The molecule has 26 heavy (non-hydrogen) atoms. The monoisotopic (exact) mass is 355 g/mol. The van der Waals surface area contributed by atoms with E-state index in [0.29, 0.717) is 12.1 Å². The molecule has 0 unspecified atom stereocenters. The summed E-state index contributed by atoms with van der Waals surface area (Å²) in [5.41, 5.74) is 1.59. The van der Waals surface area contributed by atoms with E-state index in [1.807, 2.05) is 24.3 Å². The van der Waals surface area contributed by atoms with Crippen molar-refractivity contribution in [2.24, 2.45) is 0 Å². The molecule has 6 nitrogen and oxygen atoms in total. The van der Waals surface area contributed by atoms with E-state index in [2.05, 4.69) is 5.32 Å². The van der Waals surface area contributed by atoms with Crippen molar-refractivity contribution in [3.63, 3.8) is 0 Å². The van der Waals surface area contributed by atoms with Crippen LogP contribution in [-0.4, -0.2) is 31.4 Å². The van der Waals surface area contributed by atoms with Crippen LogP contribution in [0.25, 0.3) is 0 Å². The van der Waals surface area contributed by atoms with Crippen LogP contribution in [0.2, 0.25) is 0 Å². The lowest BCUT2D eigenvalue weighted by molar-refractivity contribution is -0.120. The Morgan fingerprint density at radius 1 is 1.00 bits per heavy atom. The fraction of sp³-hybridized carbons (Fsp3) is 0.250. The summed E-state index contributed by atoms with van der Waals surface area (Å²) in [5, 5.41) is 2.72. The van der Waals surface area contributed by atoms with Gasteiger partial charge in [0.2, 0.25) is 5.91 Å². The number of nitrogens with one attached hydrogen (secondary N) is 1. The number of para-hydroxylation sites is 1. The van der Waals surface area contributed by atoms with Crippen LogP contribution in [-0.2, 0) is 20.7 Å². The summed E-state index contributed by atoms with van der Waals surface area (Å²) >= 11 is 0. The summed E-state index contributed by atoms with van der Waals surface area (Å²) in [6.07, 6.45) is 0.829. The first-order chi connectivity index (χ1) is 12.5. The molecule has 0 aliphatic heterocycles. The van der Waals surface area contributed by atoms with Crippen molar-refractivity contribution >= 4 is 23.3 Å². The highest BCUT2D eigenvalue weighted by atomic mass is 16.5. The van der Waals surface area contributed by atoms with E-state index in [4.69, 9.17) is 9.47 Å². The lowest BCUT2D eigenvalue weighted by Gasteiger charge is -2.10. The zero-order chi connectivity index (χ0) is 18.9. The van der Waals surface area contributed by atoms with Gasteiger partial charge in [-0.3, -0.25) is 9.59 Å². The number of carbonyl (C=O) groups is 3. The lowest BCUT2D eigenvalue weighted by Crippen LogP contribution is -2.17. The quantitative estimate of drug-likeness (QED) is 0.736. The maximum Gasteiger partial charge on any atom is 0.340 e. The van der Waals surface area contributed by atoms with E-state index in [1.54, 1.807) is 31.4 Å². The highest BCUT2D eigenvalue weighted by molar-refractivity contribution is 6.01. The number of carbonyl (C=O) groups excluding carboxylic acids is 3. The molecule has 6 heteroatoms. The molecule has 0 radical (unpaired) electrons. The normalized spacial score (nSPS) is 10.1. The van der Waals surface area contributed by atoms with Gasteiger partial charge in [0.1, 0.15) is 12.4 Å². The largest absolute Gasteiger partial charge is 0.497 e. The molecule has 1 amide bonds. The van der Waals surface area contributed by atoms with Crippen molar-refractivity contribution in [2.45, 2.75) is 19.8 Å². The van der Waals surface area contributed by atoms with Crippen LogP contribution in [0.3, 0.4) is 0 Å². The molecule has 2 aromatic rings. The number of ether oxygens (including phenoxy) is 2. The predicted molar refractivity (Wildman–Crippen MR) is 97.4 cm³/mol. The summed E-state index contributed by atoms with van der Waals surface area (Å²) in [6, 6.07) is 14.0. The first-order valence-corrected chi connectivity index (χ1v) is 8.18. The number of benzene rings is 2. The number of anilines is 1. The van der Waals surface area contributed by atoms with E-state index in [1.165, 1.54) is 6.92 Å².